The quantitative estimate of drug-likeness (QED) is 0.471. The minimum Gasteiger partial charge on any atom is -0.493 e. The molecule has 1 atom stereocenters. The third-order valence-corrected chi connectivity index (χ3v) is 6.71. The normalized spacial score (nSPS) is 18.0. The van der Waals surface area contributed by atoms with Crippen molar-refractivity contribution in [2.24, 2.45) is 0 Å². The molecule has 190 valence electrons. The molecule has 3 heterocycles. The molecule has 8 nitrogen and oxygen atoms in total. The SMILES string of the molecule is CCOc1ccc([C@H]2c3c(oc4ccc(F)cc4c3=O)C(=O)N2CCCN2CCOCC2)cc1OC. The average molecular weight is 497 g/mol. The molecular formula is C27H29FN2O6. The number of methoxy groups -OCH3 is 1. The molecule has 1 aromatic heterocycles. The zero-order chi connectivity index (χ0) is 25.2. The molecule has 0 bridgehead atoms. The van der Waals surface area contributed by atoms with Gasteiger partial charge < -0.3 is 23.5 Å². The van der Waals surface area contributed by atoms with E-state index in [1.54, 1.807) is 24.1 Å². The molecule has 2 aliphatic rings. The highest BCUT2D eigenvalue weighted by molar-refractivity contribution is 5.99. The van der Waals surface area contributed by atoms with Crippen LogP contribution < -0.4 is 14.9 Å². The van der Waals surface area contributed by atoms with Gasteiger partial charge in [0, 0.05) is 26.2 Å². The zero-order valence-electron chi connectivity index (χ0n) is 20.4. The number of rotatable bonds is 8. The Morgan fingerprint density at radius 2 is 1.86 bits per heavy atom. The Bertz CT molecular complexity index is 1330. The summed E-state index contributed by atoms with van der Waals surface area (Å²) in [7, 11) is 1.54. The smallest absolute Gasteiger partial charge is 0.290 e. The number of amides is 1. The maximum atomic E-state index is 14.0. The Labute approximate surface area is 208 Å². The van der Waals surface area contributed by atoms with Crippen LogP contribution in [0.5, 0.6) is 11.5 Å². The van der Waals surface area contributed by atoms with E-state index in [9.17, 15) is 14.0 Å². The van der Waals surface area contributed by atoms with E-state index in [-0.39, 0.29) is 28.2 Å². The molecule has 9 heteroatoms. The lowest BCUT2D eigenvalue weighted by Gasteiger charge is -2.29. The Morgan fingerprint density at radius 1 is 1.06 bits per heavy atom. The lowest BCUT2D eigenvalue weighted by Crippen LogP contribution is -2.38. The number of benzene rings is 2. The summed E-state index contributed by atoms with van der Waals surface area (Å²) in [6, 6.07) is 8.44. The third-order valence-electron chi connectivity index (χ3n) is 6.71. The second-order valence-corrected chi connectivity index (χ2v) is 8.87. The molecule has 0 N–H and O–H groups in total. The van der Waals surface area contributed by atoms with Crippen molar-refractivity contribution in [1.82, 2.24) is 9.80 Å². The molecule has 1 fully saturated rings. The lowest BCUT2D eigenvalue weighted by atomic mass is 9.98. The Hall–Kier alpha value is -3.43. The van der Waals surface area contributed by atoms with E-state index in [4.69, 9.17) is 18.6 Å². The summed E-state index contributed by atoms with van der Waals surface area (Å²) in [5, 5.41) is 0.111. The van der Waals surface area contributed by atoms with E-state index in [1.165, 1.54) is 12.1 Å². The van der Waals surface area contributed by atoms with Crippen molar-refractivity contribution in [3.05, 3.63) is 69.3 Å². The summed E-state index contributed by atoms with van der Waals surface area (Å²) >= 11 is 0. The zero-order valence-corrected chi connectivity index (χ0v) is 20.4. The first-order valence-corrected chi connectivity index (χ1v) is 12.2. The monoisotopic (exact) mass is 496 g/mol. The van der Waals surface area contributed by atoms with Crippen LogP contribution in [-0.2, 0) is 4.74 Å². The largest absolute Gasteiger partial charge is 0.493 e. The number of halogens is 1. The van der Waals surface area contributed by atoms with Crippen molar-refractivity contribution in [1.29, 1.82) is 0 Å². The average Bonchev–Trinajstić information content (AvgIpc) is 3.17. The summed E-state index contributed by atoms with van der Waals surface area (Å²) in [4.78, 5) is 31.2. The van der Waals surface area contributed by atoms with Crippen molar-refractivity contribution in [3.63, 3.8) is 0 Å². The van der Waals surface area contributed by atoms with E-state index in [2.05, 4.69) is 4.90 Å². The number of hydrogen-bond donors (Lipinski definition) is 0. The van der Waals surface area contributed by atoms with Crippen molar-refractivity contribution in [2.45, 2.75) is 19.4 Å². The van der Waals surface area contributed by atoms with Crippen LogP contribution in [0.2, 0.25) is 0 Å². The molecule has 0 saturated carbocycles. The van der Waals surface area contributed by atoms with Gasteiger partial charge in [0.25, 0.3) is 5.91 Å². The van der Waals surface area contributed by atoms with E-state index in [0.29, 0.717) is 49.8 Å². The van der Waals surface area contributed by atoms with Crippen LogP contribution in [-0.4, -0.2) is 68.8 Å². The molecule has 0 radical (unpaired) electrons. The number of fused-ring (bicyclic) bond motifs is 2. The van der Waals surface area contributed by atoms with Gasteiger partial charge in [-0.2, -0.15) is 0 Å². The molecule has 0 spiro atoms. The highest BCUT2D eigenvalue weighted by atomic mass is 19.1. The standard InChI is InChI=1S/C27H29FN2O6/c1-3-35-21-7-5-17(15-22(21)33-2)24-23-25(31)19-16-18(28)6-8-20(19)36-26(23)27(32)30(24)10-4-9-29-11-13-34-14-12-29/h5-8,15-16,24H,3-4,9-14H2,1-2H3/t24-/m0/s1. The third kappa shape index (κ3) is 4.44. The molecule has 3 aromatic rings. The molecule has 2 aromatic carbocycles. The predicted molar refractivity (Wildman–Crippen MR) is 131 cm³/mol. The van der Waals surface area contributed by atoms with Crippen molar-refractivity contribution >= 4 is 16.9 Å². The van der Waals surface area contributed by atoms with Crippen LogP contribution in [0.1, 0.15) is 41.1 Å². The lowest BCUT2D eigenvalue weighted by molar-refractivity contribution is 0.0353. The second kappa shape index (κ2) is 10.3. The molecule has 1 amide bonds. The van der Waals surface area contributed by atoms with Gasteiger partial charge in [-0.05, 0) is 49.2 Å². The molecule has 2 aliphatic heterocycles. The van der Waals surface area contributed by atoms with E-state index in [0.717, 1.165) is 25.7 Å². The number of nitrogens with zero attached hydrogens (tertiary/aromatic N) is 2. The van der Waals surface area contributed by atoms with Gasteiger partial charge in [-0.1, -0.05) is 6.07 Å². The van der Waals surface area contributed by atoms with E-state index < -0.39 is 17.3 Å². The second-order valence-electron chi connectivity index (χ2n) is 8.87. The number of morpholine rings is 1. The van der Waals surface area contributed by atoms with Gasteiger partial charge in [0.15, 0.2) is 16.9 Å². The van der Waals surface area contributed by atoms with Gasteiger partial charge in [-0.3, -0.25) is 14.5 Å². The van der Waals surface area contributed by atoms with Crippen molar-refractivity contribution in [2.75, 3.05) is 53.1 Å². The van der Waals surface area contributed by atoms with Crippen molar-refractivity contribution < 1.29 is 27.8 Å². The summed E-state index contributed by atoms with van der Waals surface area (Å²) in [5.41, 5.74) is 0.687. The molecular weight excluding hydrogens is 467 g/mol. The summed E-state index contributed by atoms with van der Waals surface area (Å²) in [5.74, 6) is 0.178. The Balaban J connectivity index is 1.56. The topological polar surface area (TPSA) is 81.5 Å². The van der Waals surface area contributed by atoms with Gasteiger partial charge >= 0.3 is 0 Å². The highest BCUT2D eigenvalue weighted by Crippen LogP contribution is 2.41. The van der Waals surface area contributed by atoms with Gasteiger partial charge in [-0.25, -0.2) is 4.39 Å². The summed E-state index contributed by atoms with van der Waals surface area (Å²) in [6.07, 6.45) is 0.715. The summed E-state index contributed by atoms with van der Waals surface area (Å²) < 4.78 is 36.5. The number of carbonyl (C=O) groups is 1. The maximum absolute atomic E-state index is 14.0. The summed E-state index contributed by atoms with van der Waals surface area (Å²) in [6.45, 7) is 6.67. The van der Waals surface area contributed by atoms with Crippen LogP contribution in [0.3, 0.4) is 0 Å². The Kier molecular flexibility index (Phi) is 6.93. The van der Waals surface area contributed by atoms with Crippen LogP contribution in [0.15, 0.2) is 45.6 Å². The van der Waals surface area contributed by atoms with E-state index >= 15 is 0 Å². The minimum absolute atomic E-state index is 0.00309. The van der Waals surface area contributed by atoms with Crippen LogP contribution in [0.25, 0.3) is 11.0 Å². The fourth-order valence-electron chi connectivity index (χ4n) is 4.99. The van der Waals surface area contributed by atoms with Crippen molar-refractivity contribution in [3.8, 4) is 11.5 Å². The number of ether oxygens (including phenoxy) is 3. The molecule has 5 rings (SSSR count). The minimum atomic E-state index is -0.689. The fraction of sp³-hybridized carbons (Fsp3) is 0.407. The highest BCUT2D eigenvalue weighted by Gasteiger charge is 2.42. The first-order chi connectivity index (χ1) is 17.5. The van der Waals surface area contributed by atoms with Gasteiger partial charge in [0.2, 0.25) is 5.76 Å². The first-order valence-electron chi connectivity index (χ1n) is 12.2. The first kappa shape index (κ1) is 24.3. The molecule has 0 unspecified atom stereocenters. The number of hydrogen-bond acceptors (Lipinski definition) is 7. The van der Waals surface area contributed by atoms with Crippen LogP contribution >= 0.6 is 0 Å². The molecule has 0 aliphatic carbocycles. The van der Waals surface area contributed by atoms with Gasteiger partial charge in [-0.15, -0.1) is 0 Å². The molecule has 36 heavy (non-hydrogen) atoms. The van der Waals surface area contributed by atoms with Gasteiger partial charge in [0.05, 0.1) is 43.9 Å². The van der Waals surface area contributed by atoms with Crippen LogP contribution in [0, 0.1) is 5.82 Å². The Morgan fingerprint density at radius 3 is 2.61 bits per heavy atom. The van der Waals surface area contributed by atoms with Crippen LogP contribution in [0.4, 0.5) is 4.39 Å². The maximum Gasteiger partial charge on any atom is 0.290 e. The molecule has 1 saturated heterocycles. The van der Waals surface area contributed by atoms with E-state index in [1.807, 2.05) is 13.0 Å². The predicted octanol–water partition coefficient (Wildman–Crippen LogP) is 3.61. The fourth-order valence-corrected chi connectivity index (χ4v) is 4.99. The number of carbonyl (C=O) groups excluding carboxylic acids is 1. The van der Waals surface area contributed by atoms with Gasteiger partial charge in [0.1, 0.15) is 11.4 Å².